The summed E-state index contributed by atoms with van der Waals surface area (Å²) in [6, 6.07) is 1.29. The number of methoxy groups -OCH3 is 1. The number of nitrogens with zero attached hydrogens (tertiary/aromatic N) is 1. The van der Waals surface area contributed by atoms with E-state index >= 15 is 0 Å². The van der Waals surface area contributed by atoms with E-state index < -0.39 is 5.82 Å². The van der Waals surface area contributed by atoms with Crippen molar-refractivity contribution in [1.82, 2.24) is 10.3 Å². The van der Waals surface area contributed by atoms with Crippen molar-refractivity contribution in [1.29, 1.82) is 0 Å². The maximum absolute atomic E-state index is 13.2. The predicted molar refractivity (Wildman–Crippen MR) is 69.6 cm³/mol. The highest BCUT2D eigenvalue weighted by Gasteiger charge is 2.30. The molecule has 2 N–H and O–H groups in total. The van der Waals surface area contributed by atoms with Crippen LogP contribution in [0.5, 0.6) is 0 Å². The van der Waals surface area contributed by atoms with Gasteiger partial charge in [-0.1, -0.05) is 0 Å². The summed E-state index contributed by atoms with van der Waals surface area (Å²) in [7, 11) is 1.66. The molecule has 1 fully saturated rings. The van der Waals surface area contributed by atoms with Gasteiger partial charge >= 0.3 is 0 Å². The molecular weight excluding hydrogens is 249 g/mol. The minimum Gasteiger partial charge on any atom is -0.381 e. The van der Waals surface area contributed by atoms with Gasteiger partial charge in [-0.25, -0.2) is 9.37 Å². The van der Waals surface area contributed by atoms with E-state index in [-0.39, 0.29) is 23.6 Å². The minimum absolute atomic E-state index is 0.0928. The Labute approximate surface area is 111 Å². The summed E-state index contributed by atoms with van der Waals surface area (Å²) in [5.74, 6) is -0.415. The van der Waals surface area contributed by atoms with Crippen molar-refractivity contribution < 1.29 is 13.9 Å². The molecule has 0 unspecified atom stereocenters. The van der Waals surface area contributed by atoms with Crippen molar-refractivity contribution in [3.8, 4) is 0 Å². The van der Waals surface area contributed by atoms with Gasteiger partial charge in [0.05, 0.1) is 17.9 Å². The van der Waals surface area contributed by atoms with Gasteiger partial charge in [0.25, 0.3) is 5.91 Å². The van der Waals surface area contributed by atoms with Crippen LogP contribution in [0.4, 0.5) is 10.2 Å². The number of carbonyl (C=O) groups excluding carboxylic acids is 1. The molecule has 1 aromatic heterocycles. The summed E-state index contributed by atoms with van der Waals surface area (Å²) in [5, 5.41) is 5.81. The largest absolute Gasteiger partial charge is 0.381 e. The molecule has 104 valence electrons. The molecule has 5 nitrogen and oxygen atoms in total. The number of nitrogens with one attached hydrogen (secondary N) is 2. The number of anilines is 1. The maximum atomic E-state index is 13.2. The van der Waals surface area contributed by atoms with Crippen molar-refractivity contribution in [3.63, 3.8) is 0 Å². The van der Waals surface area contributed by atoms with E-state index in [1.54, 1.807) is 7.11 Å². The van der Waals surface area contributed by atoms with Gasteiger partial charge in [-0.2, -0.15) is 0 Å². The van der Waals surface area contributed by atoms with E-state index in [0.717, 1.165) is 19.0 Å². The number of carbonyl (C=O) groups is 1. The molecule has 1 heterocycles. The van der Waals surface area contributed by atoms with Crippen LogP contribution in [0.2, 0.25) is 0 Å². The van der Waals surface area contributed by atoms with Crippen LogP contribution in [0.15, 0.2) is 12.3 Å². The summed E-state index contributed by atoms with van der Waals surface area (Å²) < 4.78 is 18.4. The quantitative estimate of drug-likeness (QED) is 0.850. The number of hydrogen-bond donors (Lipinski definition) is 2. The average Bonchev–Trinajstić information content (AvgIpc) is 2.35. The molecular formula is C13H18FN3O2. The second kappa shape index (κ2) is 5.97. The Morgan fingerprint density at radius 1 is 1.58 bits per heavy atom. The Morgan fingerprint density at radius 2 is 2.32 bits per heavy atom. The third-order valence-electron chi connectivity index (χ3n) is 3.21. The Balaban J connectivity index is 2.03. The number of pyridine rings is 1. The molecule has 0 saturated heterocycles. The molecule has 2 rings (SSSR count). The molecule has 0 aromatic carbocycles. The van der Waals surface area contributed by atoms with Gasteiger partial charge < -0.3 is 15.4 Å². The van der Waals surface area contributed by atoms with Gasteiger partial charge in [0.2, 0.25) is 0 Å². The molecule has 0 radical (unpaired) electrons. The first-order valence-corrected chi connectivity index (χ1v) is 6.37. The Hall–Kier alpha value is -1.69. The molecule has 6 heteroatoms. The molecule has 1 aliphatic carbocycles. The molecule has 0 spiro atoms. The van der Waals surface area contributed by atoms with Crippen molar-refractivity contribution in [2.45, 2.75) is 31.9 Å². The highest BCUT2D eigenvalue weighted by atomic mass is 19.1. The molecule has 1 aromatic rings. The van der Waals surface area contributed by atoms with E-state index in [4.69, 9.17) is 4.74 Å². The SMILES string of the molecule is CCNc1ncc(F)cc1C(=O)NC1CC(OC)C1. The summed E-state index contributed by atoms with van der Waals surface area (Å²) >= 11 is 0. The highest BCUT2D eigenvalue weighted by molar-refractivity contribution is 5.98. The van der Waals surface area contributed by atoms with Crippen molar-refractivity contribution in [2.75, 3.05) is 19.0 Å². The van der Waals surface area contributed by atoms with Gasteiger partial charge in [0.15, 0.2) is 0 Å². The van der Waals surface area contributed by atoms with Crippen LogP contribution < -0.4 is 10.6 Å². The van der Waals surface area contributed by atoms with Crippen LogP contribution >= 0.6 is 0 Å². The number of ether oxygens (including phenoxy) is 1. The number of halogens is 1. The summed E-state index contributed by atoms with van der Waals surface area (Å²) in [6.07, 6.45) is 2.89. The molecule has 1 saturated carbocycles. The lowest BCUT2D eigenvalue weighted by atomic mass is 9.89. The number of rotatable bonds is 5. The molecule has 0 atom stereocenters. The predicted octanol–water partition coefficient (Wildman–Crippen LogP) is 1.56. The van der Waals surface area contributed by atoms with Gasteiger partial charge in [-0.3, -0.25) is 4.79 Å². The number of amides is 1. The van der Waals surface area contributed by atoms with Crippen LogP contribution in [-0.4, -0.2) is 36.7 Å². The van der Waals surface area contributed by atoms with E-state index in [1.165, 1.54) is 6.07 Å². The zero-order chi connectivity index (χ0) is 13.8. The zero-order valence-corrected chi connectivity index (χ0v) is 11.1. The average molecular weight is 267 g/mol. The van der Waals surface area contributed by atoms with Gasteiger partial charge in [-0.05, 0) is 25.8 Å². The Bertz CT molecular complexity index is 461. The first kappa shape index (κ1) is 13.7. The normalized spacial score (nSPS) is 21.6. The molecule has 1 aliphatic rings. The molecule has 0 bridgehead atoms. The van der Waals surface area contributed by atoms with E-state index in [2.05, 4.69) is 15.6 Å². The summed E-state index contributed by atoms with van der Waals surface area (Å²) in [6.45, 7) is 2.51. The van der Waals surface area contributed by atoms with Gasteiger partial charge in [-0.15, -0.1) is 0 Å². The van der Waals surface area contributed by atoms with Crippen LogP contribution in [0.1, 0.15) is 30.1 Å². The Morgan fingerprint density at radius 3 is 2.95 bits per heavy atom. The van der Waals surface area contributed by atoms with Crippen molar-refractivity contribution in [3.05, 3.63) is 23.6 Å². The van der Waals surface area contributed by atoms with E-state index in [0.29, 0.717) is 12.4 Å². The Kier molecular flexibility index (Phi) is 4.31. The fraction of sp³-hybridized carbons (Fsp3) is 0.538. The van der Waals surface area contributed by atoms with E-state index in [9.17, 15) is 9.18 Å². The van der Waals surface area contributed by atoms with Crippen molar-refractivity contribution >= 4 is 11.7 Å². The van der Waals surface area contributed by atoms with Crippen LogP contribution in [0, 0.1) is 5.82 Å². The second-order valence-electron chi connectivity index (χ2n) is 4.58. The third-order valence-corrected chi connectivity index (χ3v) is 3.21. The lowest BCUT2D eigenvalue weighted by molar-refractivity contribution is 0.0176. The highest BCUT2D eigenvalue weighted by Crippen LogP contribution is 2.23. The first-order chi connectivity index (χ1) is 9.13. The summed E-state index contributed by atoms with van der Waals surface area (Å²) in [4.78, 5) is 16.0. The molecule has 19 heavy (non-hydrogen) atoms. The van der Waals surface area contributed by atoms with Crippen LogP contribution in [0.3, 0.4) is 0 Å². The molecule has 1 amide bonds. The number of aromatic nitrogens is 1. The smallest absolute Gasteiger partial charge is 0.255 e. The van der Waals surface area contributed by atoms with Gasteiger partial charge in [0.1, 0.15) is 11.6 Å². The van der Waals surface area contributed by atoms with Crippen LogP contribution in [-0.2, 0) is 4.74 Å². The third kappa shape index (κ3) is 3.20. The zero-order valence-electron chi connectivity index (χ0n) is 11.1. The standard InChI is InChI=1S/C13H18FN3O2/c1-3-15-12-11(4-8(14)7-16-12)13(18)17-9-5-10(6-9)19-2/h4,7,9-10H,3,5-6H2,1-2H3,(H,15,16)(H,17,18). The van der Waals surface area contributed by atoms with Gasteiger partial charge in [0, 0.05) is 19.7 Å². The number of hydrogen-bond acceptors (Lipinski definition) is 4. The minimum atomic E-state index is -0.518. The lowest BCUT2D eigenvalue weighted by Crippen LogP contribution is -2.47. The lowest BCUT2D eigenvalue weighted by Gasteiger charge is -2.34. The topological polar surface area (TPSA) is 63.2 Å². The fourth-order valence-electron chi connectivity index (χ4n) is 2.06. The first-order valence-electron chi connectivity index (χ1n) is 6.37. The molecule has 0 aliphatic heterocycles. The van der Waals surface area contributed by atoms with Crippen molar-refractivity contribution in [2.24, 2.45) is 0 Å². The summed E-state index contributed by atoms with van der Waals surface area (Å²) in [5.41, 5.74) is 0.239. The fourth-order valence-corrected chi connectivity index (χ4v) is 2.06. The second-order valence-corrected chi connectivity index (χ2v) is 4.58. The monoisotopic (exact) mass is 267 g/mol. The maximum Gasteiger partial charge on any atom is 0.255 e. The van der Waals surface area contributed by atoms with E-state index in [1.807, 2.05) is 6.92 Å². The van der Waals surface area contributed by atoms with Crippen LogP contribution in [0.25, 0.3) is 0 Å².